The van der Waals surface area contributed by atoms with Gasteiger partial charge in [-0.25, -0.2) is 22.6 Å². The SMILES string of the molecule is COc1cc(F)cc2c(O[C@@H]3C[C@H]4C(=O)N[C@]5(C(=O)NS(=O)(=O)C6(C)CC6)C[C@H]5/C=C\CC[C@H](C)C[C@@H](C)[C@H](NC(=O)O[C@H](C)C(F)(F)F)C(=O)N4C3)nccc12. The van der Waals surface area contributed by atoms with Crippen molar-refractivity contribution in [3.63, 3.8) is 0 Å². The third-order valence-electron chi connectivity index (χ3n) is 11.5. The Balaban J connectivity index is 1.36. The van der Waals surface area contributed by atoms with E-state index in [9.17, 15) is 45.2 Å². The smallest absolute Gasteiger partial charge is 0.425 e. The molecule has 8 atom stereocenters. The van der Waals surface area contributed by atoms with Crippen LogP contribution in [-0.2, 0) is 29.1 Å². The van der Waals surface area contributed by atoms with Crippen LogP contribution in [0.5, 0.6) is 11.6 Å². The van der Waals surface area contributed by atoms with E-state index in [4.69, 9.17) is 9.47 Å². The van der Waals surface area contributed by atoms with Gasteiger partial charge in [-0.15, -0.1) is 0 Å². The average molecular weight is 826 g/mol. The molecule has 0 unspecified atom stereocenters. The number of methoxy groups -OCH3 is 1. The zero-order chi connectivity index (χ0) is 41.7. The van der Waals surface area contributed by atoms with Crippen LogP contribution in [0.2, 0.25) is 0 Å². The second-order valence-electron chi connectivity index (χ2n) is 16.0. The lowest BCUT2D eigenvalue weighted by atomic mass is 9.88. The molecule has 6 rings (SSSR count). The van der Waals surface area contributed by atoms with Gasteiger partial charge in [-0.1, -0.05) is 26.0 Å². The molecule has 4 aliphatic rings. The highest BCUT2D eigenvalue weighted by Crippen LogP contribution is 2.48. The summed E-state index contributed by atoms with van der Waals surface area (Å²) in [6.07, 6.45) is -2.82. The largest absolute Gasteiger partial charge is 0.496 e. The Labute approximate surface area is 327 Å². The van der Waals surface area contributed by atoms with Crippen LogP contribution in [0, 0.1) is 23.6 Å². The Morgan fingerprint density at radius 3 is 2.51 bits per heavy atom. The van der Waals surface area contributed by atoms with Gasteiger partial charge in [0.1, 0.15) is 35.3 Å². The number of halogens is 4. The van der Waals surface area contributed by atoms with Crippen molar-refractivity contribution in [1.29, 1.82) is 0 Å². The maximum absolute atomic E-state index is 14.7. The normalized spacial score (nSPS) is 30.0. The molecule has 3 heterocycles. The van der Waals surface area contributed by atoms with E-state index in [-0.39, 0.29) is 42.3 Å². The van der Waals surface area contributed by atoms with Crippen molar-refractivity contribution in [3.8, 4) is 11.6 Å². The minimum atomic E-state index is -4.87. The lowest BCUT2D eigenvalue weighted by Gasteiger charge is -2.33. The van der Waals surface area contributed by atoms with E-state index in [1.165, 1.54) is 32.4 Å². The highest BCUT2D eigenvalue weighted by molar-refractivity contribution is 7.91. The van der Waals surface area contributed by atoms with Gasteiger partial charge in [0, 0.05) is 30.0 Å². The van der Waals surface area contributed by atoms with Gasteiger partial charge in [0.05, 0.1) is 23.8 Å². The molecule has 4 amide bonds. The van der Waals surface area contributed by atoms with E-state index in [1.807, 2.05) is 13.0 Å². The summed E-state index contributed by atoms with van der Waals surface area (Å²) in [5, 5.41) is 5.75. The first-order chi connectivity index (χ1) is 26.7. The average Bonchev–Trinajstić information content (AvgIpc) is 4.01. The molecule has 1 saturated heterocycles. The monoisotopic (exact) mass is 825 g/mol. The maximum Gasteiger partial charge on any atom is 0.425 e. The van der Waals surface area contributed by atoms with Gasteiger partial charge in [0.15, 0.2) is 6.10 Å². The summed E-state index contributed by atoms with van der Waals surface area (Å²) in [5.74, 6) is -4.41. The summed E-state index contributed by atoms with van der Waals surface area (Å²) < 4.78 is 98.2. The molecule has 312 valence electrons. The number of aromatic nitrogens is 1. The van der Waals surface area contributed by atoms with E-state index in [0.717, 1.165) is 4.90 Å². The number of nitrogens with zero attached hydrogens (tertiary/aromatic N) is 2. The van der Waals surface area contributed by atoms with E-state index in [0.29, 0.717) is 44.4 Å². The Kier molecular flexibility index (Phi) is 11.5. The van der Waals surface area contributed by atoms with Crippen LogP contribution in [0.25, 0.3) is 10.8 Å². The van der Waals surface area contributed by atoms with Crippen LogP contribution in [0.3, 0.4) is 0 Å². The van der Waals surface area contributed by atoms with Crippen molar-refractivity contribution >= 4 is 44.6 Å². The van der Waals surface area contributed by atoms with E-state index in [1.54, 1.807) is 19.1 Å². The summed E-state index contributed by atoms with van der Waals surface area (Å²) >= 11 is 0. The van der Waals surface area contributed by atoms with Gasteiger partial charge >= 0.3 is 12.3 Å². The number of allylic oxidation sites excluding steroid dienone is 1. The quantitative estimate of drug-likeness (QED) is 0.250. The Morgan fingerprint density at radius 2 is 1.84 bits per heavy atom. The maximum atomic E-state index is 14.7. The summed E-state index contributed by atoms with van der Waals surface area (Å²) in [6.45, 7) is 5.43. The molecule has 0 radical (unpaired) electrons. The summed E-state index contributed by atoms with van der Waals surface area (Å²) in [6, 6.07) is 1.09. The van der Waals surface area contributed by atoms with Crippen molar-refractivity contribution in [2.45, 2.75) is 113 Å². The number of hydrogen-bond donors (Lipinski definition) is 3. The minimum Gasteiger partial charge on any atom is -0.496 e. The highest BCUT2D eigenvalue weighted by atomic mass is 32.2. The van der Waals surface area contributed by atoms with Crippen molar-refractivity contribution < 1.29 is 59.4 Å². The van der Waals surface area contributed by atoms with E-state index >= 15 is 0 Å². The second-order valence-corrected chi connectivity index (χ2v) is 18.2. The van der Waals surface area contributed by atoms with Gasteiger partial charge < -0.3 is 29.7 Å². The molecule has 2 saturated carbocycles. The summed E-state index contributed by atoms with van der Waals surface area (Å²) in [4.78, 5) is 61.2. The molecule has 2 aliphatic heterocycles. The standard InChI is InChI=1S/C38H47F4N5O9S/c1-20-8-6-7-9-23-18-37(23,34(50)46-57(52,53)36(4)11-12-36)45-31(48)28-17-25(56-32-27-15-24(39)16-29(54-5)26(27)10-13-43-32)19-47(28)33(49)30(21(2)14-20)44-35(51)55-22(3)38(40,41)42/h7,9-10,13,15-16,20-23,25,28,30H,6,8,11-12,14,17-19H2,1-5H3,(H,44,51)(H,45,48)(H,46,50)/b9-7-/t20-,21+,22+,23+,25+,28-,30-,37+/m0/s1. The Hall–Kier alpha value is -4.68. The molecular formula is C38H47F4N5O9S. The number of nitrogens with one attached hydrogen (secondary N) is 3. The summed E-state index contributed by atoms with van der Waals surface area (Å²) in [5.41, 5.74) is -1.68. The van der Waals surface area contributed by atoms with Gasteiger partial charge in [-0.05, 0) is 76.3 Å². The van der Waals surface area contributed by atoms with Crippen LogP contribution < -0.4 is 24.8 Å². The number of hydrogen-bond acceptors (Lipinski definition) is 10. The minimum absolute atomic E-state index is 0.0468. The number of sulfonamides is 1. The molecule has 1 aromatic heterocycles. The molecule has 2 aliphatic carbocycles. The first kappa shape index (κ1) is 41.9. The number of alkyl halides is 3. The molecule has 14 nitrogen and oxygen atoms in total. The lowest BCUT2D eigenvalue weighted by Crippen LogP contribution is -2.59. The third kappa shape index (κ3) is 8.77. The fourth-order valence-corrected chi connectivity index (χ4v) is 8.91. The topological polar surface area (TPSA) is 182 Å². The fraction of sp³-hybridized carbons (Fsp3) is 0.605. The Bertz CT molecular complexity index is 2060. The predicted molar refractivity (Wildman–Crippen MR) is 197 cm³/mol. The van der Waals surface area contributed by atoms with Crippen molar-refractivity contribution in [2.24, 2.45) is 17.8 Å². The van der Waals surface area contributed by atoms with Gasteiger partial charge in [0.25, 0.3) is 5.91 Å². The van der Waals surface area contributed by atoms with Crippen LogP contribution in [-0.4, -0.2) is 96.5 Å². The van der Waals surface area contributed by atoms with Crippen LogP contribution in [0.15, 0.2) is 36.5 Å². The van der Waals surface area contributed by atoms with Crippen LogP contribution >= 0.6 is 0 Å². The van der Waals surface area contributed by atoms with E-state index in [2.05, 4.69) is 25.1 Å². The predicted octanol–water partition coefficient (Wildman–Crippen LogP) is 4.66. The Morgan fingerprint density at radius 1 is 1.12 bits per heavy atom. The molecular weight excluding hydrogens is 779 g/mol. The third-order valence-corrected chi connectivity index (χ3v) is 13.7. The lowest BCUT2D eigenvalue weighted by molar-refractivity contribution is -0.197. The number of amides is 4. The first-order valence-electron chi connectivity index (χ1n) is 18.9. The molecule has 0 bridgehead atoms. The van der Waals surface area contributed by atoms with Gasteiger partial charge in [-0.2, -0.15) is 13.2 Å². The van der Waals surface area contributed by atoms with Crippen molar-refractivity contribution in [1.82, 2.24) is 25.2 Å². The molecule has 3 N–H and O–H groups in total. The molecule has 1 aromatic carbocycles. The van der Waals surface area contributed by atoms with Crippen LogP contribution in [0.1, 0.15) is 72.6 Å². The van der Waals surface area contributed by atoms with E-state index < -0.39 is 92.2 Å². The van der Waals surface area contributed by atoms with Gasteiger partial charge in [0.2, 0.25) is 27.7 Å². The number of alkyl carbamates (subject to hydrolysis) is 1. The van der Waals surface area contributed by atoms with Crippen molar-refractivity contribution in [2.75, 3.05) is 13.7 Å². The fourth-order valence-electron chi connectivity index (χ4n) is 7.60. The number of ether oxygens (including phenoxy) is 3. The zero-order valence-corrected chi connectivity index (χ0v) is 33.0. The van der Waals surface area contributed by atoms with Gasteiger partial charge in [-0.3, -0.25) is 19.1 Å². The zero-order valence-electron chi connectivity index (χ0n) is 32.2. The molecule has 2 aromatic rings. The number of carbonyl (C=O) groups excluding carboxylic acids is 4. The number of carbonyl (C=O) groups is 4. The molecule has 19 heteroatoms. The number of pyridine rings is 1. The summed E-state index contributed by atoms with van der Waals surface area (Å²) in [7, 11) is -2.74. The molecule has 3 fully saturated rings. The first-order valence-corrected chi connectivity index (χ1v) is 20.3. The highest BCUT2D eigenvalue weighted by Gasteiger charge is 2.63. The number of fused-ring (bicyclic) bond motifs is 3. The number of rotatable bonds is 8. The number of benzene rings is 1. The molecule has 57 heavy (non-hydrogen) atoms. The van der Waals surface area contributed by atoms with Crippen molar-refractivity contribution in [3.05, 3.63) is 42.4 Å². The second kappa shape index (κ2) is 15.6. The molecule has 0 spiro atoms. The van der Waals surface area contributed by atoms with Crippen LogP contribution in [0.4, 0.5) is 22.4 Å².